The number of benzene rings is 1. The van der Waals surface area contributed by atoms with E-state index in [1.165, 1.54) is 5.56 Å². The van der Waals surface area contributed by atoms with E-state index in [9.17, 15) is 0 Å². The van der Waals surface area contributed by atoms with Gasteiger partial charge in [0.25, 0.3) is 0 Å². The van der Waals surface area contributed by atoms with Crippen LogP contribution in [0.4, 0.5) is 5.13 Å². The number of ether oxygens (including phenoxy) is 2. The number of hydrogen-bond acceptors (Lipinski definition) is 7. The molecule has 0 amide bonds. The Labute approximate surface area is 163 Å². The van der Waals surface area contributed by atoms with Crippen molar-refractivity contribution >= 4 is 32.8 Å². The minimum Gasteiger partial charge on any atom is -0.462 e. The molecule has 1 aliphatic heterocycles. The van der Waals surface area contributed by atoms with Gasteiger partial charge >= 0.3 is 0 Å². The van der Waals surface area contributed by atoms with Crippen LogP contribution in [0.15, 0.2) is 66.1 Å². The first-order chi connectivity index (χ1) is 13.3. The Kier molecular flexibility index (Phi) is 4.27. The van der Waals surface area contributed by atoms with Crippen LogP contribution in [0.3, 0.4) is 0 Å². The van der Waals surface area contributed by atoms with E-state index in [0.29, 0.717) is 6.54 Å². The van der Waals surface area contributed by atoms with Gasteiger partial charge in [0.2, 0.25) is 16.9 Å². The number of nitrogens with zero attached hydrogens (tertiary/aromatic N) is 4. The molecule has 4 aromatic rings. The number of anilines is 1. The summed E-state index contributed by atoms with van der Waals surface area (Å²) in [4.78, 5) is 8.94. The van der Waals surface area contributed by atoms with E-state index in [4.69, 9.17) is 19.6 Å². The third kappa shape index (κ3) is 3.41. The van der Waals surface area contributed by atoms with Crippen LogP contribution in [0.1, 0.15) is 5.56 Å². The molecular formula is C19H16N4O2S2. The number of fused-ring (bicyclic) bond motifs is 1. The maximum absolute atomic E-state index is 5.52. The zero-order valence-corrected chi connectivity index (χ0v) is 15.9. The highest BCUT2D eigenvalue weighted by Gasteiger charge is 2.19. The molecule has 0 N–H and O–H groups in total. The topological polar surface area (TPSA) is 51.9 Å². The minimum absolute atomic E-state index is 0.278. The maximum Gasteiger partial charge on any atom is 0.229 e. The molecule has 0 spiro atoms. The SMILES string of the molecule is C1=C(CN(Cc2ccccc2)c2nn3cc(-c4cccs4)nc3s2)OCO1. The molecule has 0 atom stereocenters. The average molecular weight is 396 g/mol. The van der Waals surface area contributed by atoms with Crippen LogP contribution < -0.4 is 4.90 Å². The molecule has 136 valence electrons. The van der Waals surface area contributed by atoms with Crippen molar-refractivity contribution in [2.45, 2.75) is 6.54 Å². The molecule has 1 aliphatic rings. The van der Waals surface area contributed by atoms with E-state index in [-0.39, 0.29) is 6.79 Å². The third-order valence-corrected chi connectivity index (χ3v) is 6.04. The lowest BCUT2D eigenvalue weighted by Crippen LogP contribution is -2.25. The van der Waals surface area contributed by atoms with Gasteiger partial charge in [-0.25, -0.2) is 9.50 Å². The van der Waals surface area contributed by atoms with Gasteiger partial charge in [0, 0.05) is 6.54 Å². The van der Waals surface area contributed by atoms with Gasteiger partial charge < -0.3 is 14.4 Å². The predicted octanol–water partition coefficient (Wildman–Crippen LogP) is 4.37. The van der Waals surface area contributed by atoms with Crippen molar-refractivity contribution in [1.82, 2.24) is 14.6 Å². The molecule has 0 unspecified atom stereocenters. The number of thiophene rings is 1. The van der Waals surface area contributed by atoms with Crippen molar-refractivity contribution in [2.24, 2.45) is 0 Å². The summed E-state index contributed by atoms with van der Waals surface area (Å²) in [7, 11) is 0. The first-order valence-corrected chi connectivity index (χ1v) is 10.2. The van der Waals surface area contributed by atoms with Gasteiger partial charge in [-0.2, -0.15) is 0 Å². The molecule has 0 saturated heterocycles. The van der Waals surface area contributed by atoms with E-state index in [1.54, 1.807) is 28.9 Å². The van der Waals surface area contributed by atoms with Gasteiger partial charge in [0.15, 0.2) is 5.76 Å². The second-order valence-electron chi connectivity index (χ2n) is 6.07. The molecule has 8 heteroatoms. The van der Waals surface area contributed by atoms with Gasteiger partial charge in [-0.15, -0.1) is 16.4 Å². The smallest absolute Gasteiger partial charge is 0.229 e. The van der Waals surface area contributed by atoms with Crippen LogP contribution in [0.2, 0.25) is 0 Å². The highest BCUT2D eigenvalue weighted by atomic mass is 32.1. The van der Waals surface area contributed by atoms with Gasteiger partial charge in [-0.3, -0.25) is 0 Å². The molecule has 3 aromatic heterocycles. The van der Waals surface area contributed by atoms with Gasteiger partial charge in [-0.05, 0) is 17.0 Å². The molecule has 0 saturated carbocycles. The molecule has 1 aromatic carbocycles. The van der Waals surface area contributed by atoms with E-state index < -0.39 is 0 Å². The summed E-state index contributed by atoms with van der Waals surface area (Å²) < 4.78 is 12.6. The molecule has 5 rings (SSSR count). The van der Waals surface area contributed by atoms with E-state index in [1.807, 2.05) is 35.0 Å². The molecule has 0 fully saturated rings. The van der Waals surface area contributed by atoms with Crippen molar-refractivity contribution in [3.05, 3.63) is 71.6 Å². The Morgan fingerprint density at radius 3 is 2.78 bits per heavy atom. The fraction of sp³-hybridized carbons (Fsp3) is 0.158. The molecule has 0 bridgehead atoms. The van der Waals surface area contributed by atoms with Crippen LogP contribution in [0, 0.1) is 0 Å². The zero-order valence-electron chi connectivity index (χ0n) is 14.3. The first-order valence-electron chi connectivity index (χ1n) is 8.47. The summed E-state index contributed by atoms with van der Waals surface area (Å²) in [6, 6.07) is 14.4. The average Bonchev–Trinajstić information content (AvgIpc) is 3.45. The molecule has 0 radical (unpaired) electrons. The standard InChI is InChI=1S/C19H16N4O2S2/c1-2-5-14(6-3-1)9-22(10-15-12-24-13-25-15)19-21-23-11-16(20-18(23)27-19)17-7-4-8-26-17/h1-8,11-12H,9-10,13H2. The van der Waals surface area contributed by atoms with Gasteiger partial charge in [0.1, 0.15) is 12.0 Å². The largest absolute Gasteiger partial charge is 0.462 e. The second kappa shape index (κ2) is 7.05. The Morgan fingerprint density at radius 2 is 2.04 bits per heavy atom. The first kappa shape index (κ1) is 16.3. The maximum atomic E-state index is 5.52. The van der Waals surface area contributed by atoms with Crippen LogP contribution in [0.25, 0.3) is 15.5 Å². The minimum atomic E-state index is 0.278. The second-order valence-corrected chi connectivity index (χ2v) is 7.95. The molecule has 4 heterocycles. The number of rotatable bonds is 6. The Bertz CT molecular complexity index is 1040. The summed E-state index contributed by atoms with van der Waals surface area (Å²) in [5.41, 5.74) is 2.17. The fourth-order valence-electron chi connectivity index (χ4n) is 2.90. The highest BCUT2D eigenvalue weighted by molar-refractivity contribution is 7.20. The van der Waals surface area contributed by atoms with Crippen molar-refractivity contribution in [1.29, 1.82) is 0 Å². The quantitative estimate of drug-likeness (QED) is 0.484. The van der Waals surface area contributed by atoms with Crippen molar-refractivity contribution in [3.63, 3.8) is 0 Å². The Balaban J connectivity index is 1.45. The fourth-order valence-corrected chi connectivity index (χ4v) is 4.46. The Hall–Kier alpha value is -2.84. The van der Waals surface area contributed by atoms with Crippen molar-refractivity contribution in [2.75, 3.05) is 18.2 Å². The molecule has 6 nitrogen and oxygen atoms in total. The lowest BCUT2D eigenvalue weighted by atomic mass is 10.2. The Morgan fingerprint density at radius 1 is 1.11 bits per heavy atom. The van der Waals surface area contributed by atoms with Crippen LogP contribution in [0.5, 0.6) is 0 Å². The van der Waals surface area contributed by atoms with E-state index in [2.05, 4.69) is 28.5 Å². The third-order valence-electron chi connectivity index (χ3n) is 4.17. The predicted molar refractivity (Wildman–Crippen MR) is 107 cm³/mol. The summed E-state index contributed by atoms with van der Waals surface area (Å²) in [5.74, 6) is 0.804. The van der Waals surface area contributed by atoms with Gasteiger partial charge in [-0.1, -0.05) is 47.7 Å². The van der Waals surface area contributed by atoms with E-state index >= 15 is 0 Å². The highest BCUT2D eigenvalue weighted by Crippen LogP contribution is 2.30. The number of hydrogen-bond donors (Lipinski definition) is 0. The number of imidazole rings is 1. The lowest BCUT2D eigenvalue weighted by Gasteiger charge is -2.21. The summed E-state index contributed by atoms with van der Waals surface area (Å²) in [5, 5.41) is 7.72. The zero-order chi connectivity index (χ0) is 18.1. The monoisotopic (exact) mass is 396 g/mol. The lowest BCUT2D eigenvalue weighted by molar-refractivity contribution is 0.0797. The van der Waals surface area contributed by atoms with Gasteiger partial charge in [0.05, 0.1) is 17.6 Å². The van der Waals surface area contributed by atoms with Crippen LogP contribution >= 0.6 is 22.7 Å². The summed E-state index contributed by atoms with van der Waals surface area (Å²) >= 11 is 3.25. The number of aromatic nitrogens is 3. The van der Waals surface area contributed by atoms with Crippen molar-refractivity contribution in [3.8, 4) is 10.6 Å². The molecule has 0 aliphatic carbocycles. The van der Waals surface area contributed by atoms with E-state index in [0.717, 1.165) is 33.0 Å². The molecule has 27 heavy (non-hydrogen) atoms. The van der Waals surface area contributed by atoms with Crippen LogP contribution in [-0.2, 0) is 16.0 Å². The summed E-state index contributed by atoms with van der Waals surface area (Å²) in [6.45, 7) is 1.61. The van der Waals surface area contributed by atoms with Crippen LogP contribution in [-0.4, -0.2) is 27.9 Å². The molecular weight excluding hydrogens is 380 g/mol. The van der Waals surface area contributed by atoms with Crippen molar-refractivity contribution < 1.29 is 9.47 Å². The normalized spacial score (nSPS) is 13.4. The summed E-state index contributed by atoms with van der Waals surface area (Å²) in [6.07, 6.45) is 3.65.